The number of amides is 1. The number of nitrogens with zero attached hydrogens (tertiary/aromatic N) is 1. The van der Waals surface area contributed by atoms with Crippen LogP contribution in [-0.2, 0) is 16.1 Å². The van der Waals surface area contributed by atoms with Crippen LogP contribution in [0.15, 0.2) is 48.5 Å². The molecular formula is C19H20FNO4. The summed E-state index contributed by atoms with van der Waals surface area (Å²) in [5, 5.41) is 0. The molecule has 0 saturated heterocycles. The van der Waals surface area contributed by atoms with Crippen LogP contribution >= 0.6 is 0 Å². The lowest BCUT2D eigenvalue weighted by Gasteiger charge is -2.23. The van der Waals surface area contributed by atoms with Gasteiger partial charge in [-0.1, -0.05) is 24.3 Å². The Morgan fingerprint density at radius 2 is 1.72 bits per heavy atom. The number of carbonyl (C=O) groups excluding carboxylic acids is 2. The van der Waals surface area contributed by atoms with Gasteiger partial charge < -0.3 is 14.4 Å². The van der Waals surface area contributed by atoms with Crippen LogP contribution in [0.3, 0.4) is 0 Å². The minimum absolute atomic E-state index is 0.0270. The summed E-state index contributed by atoms with van der Waals surface area (Å²) >= 11 is 0. The lowest BCUT2D eigenvalue weighted by molar-refractivity contribution is -0.140. The lowest BCUT2D eigenvalue weighted by atomic mass is 10.1. The predicted molar refractivity (Wildman–Crippen MR) is 90.8 cm³/mol. The van der Waals surface area contributed by atoms with Crippen molar-refractivity contribution >= 4 is 11.9 Å². The van der Waals surface area contributed by atoms with Gasteiger partial charge in [0.25, 0.3) is 5.91 Å². The average molecular weight is 345 g/mol. The van der Waals surface area contributed by atoms with Crippen LogP contribution in [-0.4, -0.2) is 37.5 Å². The van der Waals surface area contributed by atoms with E-state index in [0.717, 1.165) is 5.56 Å². The zero-order valence-electron chi connectivity index (χ0n) is 14.2. The smallest absolute Gasteiger partial charge is 0.307 e. The Balaban J connectivity index is 2.20. The molecule has 2 aromatic rings. The largest absolute Gasteiger partial charge is 0.497 e. The maximum Gasteiger partial charge on any atom is 0.307 e. The minimum Gasteiger partial charge on any atom is -0.497 e. The van der Waals surface area contributed by atoms with Gasteiger partial charge in [-0.2, -0.15) is 0 Å². The first-order valence-electron chi connectivity index (χ1n) is 7.78. The van der Waals surface area contributed by atoms with Gasteiger partial charge in [-0.25, -0.2) is 4.39 Å². The molecule has 0 aliphatic carbocycles. The average Bonchev–Trinajstić information content (AvgIpc) is 2.65. The second-order valence-electron chi connectivity index (χ2n) is 5.38. The van der Waals surface area contributed by atoms with Crippen molar-refractivity contribution < 1.29 is 23.5 Å². The third-order valence-corrected chi connectivity index (χ3v) is 3.74. The van der Waals surface area contributed by atoms with Crippen LogP contribution in [0.4, 0.5) is 4.39 Å². The third-order valence-electron chi connectivity index (χ3n) is 3.74. The standard InChI is InChI=1S/C19H20FNO4/c1-24-15-9-7-14(8-10-15)13-21(12-11-18(22)25-2)19(23)16-5-3-4-6-17(16)20/h3-10H,11-13H2,1-2H3. The van der Waals surface area contributed by atoms with Gasteiger partial charge in [0.15, 0.2) is 0 Å². The normalized spacial score (nSPS) is 10.2. The molecule has 25 heavy (non-hydrogen) atoms. The van der Waals surface area contributed by atoms with Crippen molar-refractivity contribution in [2.24, 2.45) is 0 Å². The molecule has 0 fully saturated rings. The van der Waals surface area contributed by atoms with Crippen molar-refractivity contribution in [2.75, 3.05) is 20.8 Å². The zero-order chi connectivity index (χ0) is 18.2. The molecule has 0 bridgehead atoms. The molecule has 0 unspecified atom stereocenters. The molecule has 0 saturated carbocycles. The molecule has 132 valence electrons. The number of halogens is 1. The van der Waals surface area contributed by atoms with Gasteiger partial charge in [-0.05, 0) is 29.8 Å². The van der Waals surface area contributed by atoms with Crippen molar-refractivity contribution in [3.05, 3.63) is 65.5 Å². The van der Waals surface area contributed by atoms with Gasteiger partial charge in [-0.3, -0.25) is 9.59 Å². The fourth-order valence-corrected chi connectivity index (χ4v) is 2.34. The van der Waals surface area contributed by atoms with E-state index in [9.17, 15) is 14.0 Å². The van der Waals surface area contributed by atoms with Crippen LogP contribution in [0.5, 0.6) is 5.75 Å². The summed E-state index contributed by atoms with van der Waals surface area (Å²) in [5.74, 6) is -0.797. The van der Waals surface area contributed by atoms with Crippen molar-refractivity contribution in [2.45, 2.75) is 13.0 Å². The zero-order valence-corrected chi connectivity index (χ0v) is 14.2. The molecule has 0 aliphatic heterocycles. The van der Waals surface area contributed by atoms with Gasteiger partial charge in [0, 0.05) is 13.1 Å². The number of carbonyl (C=O) groups is 2. The molecular weight excluding hydrogens is 325 g/mol. The van der Waals surface area contributed by atoms with E-state index in [2.05, 4.69) is 4.74 Å². The van der Waals surface area contributed by atoms with Gasteiger partial charge in [0.05, 0.1) is 26.2 Å². The summed E-state index contributed by atoms with van der Waals surface area (Å²) in [6.45, 7) is 0.375. The highest BCUT2D eigenvalue weighted by atomic mass is 19.1. The Labute approximate surface area is 146 Å². The number of benzene rings is 2. The molecule has 2 rings (SSSR count). The van der Waals surface area contributed by atoms with E-state index >= 15 is 0 Å². The van der Waals surface area contributed by atoms with Crippen LogP contribution in [0, 0.1) is 5.82 Å². The van der Waals surface area contributed by atoms with Gasteiger partial charge in [0.2, 0.25) is 0 Å². The summed E-state index contributed by atoms with van der Waals surface area (Å²) in [6, 6.07) is 13.0. The summed E-state index contributed by atoms with van der Waals surface area (Å²) in [4.78, 5) is 25.6. The molecule has 0 aromatic heterocycles. The quantitative estimate of drug-likeness (QED) is 0.724. The first-order chi connectivity index (χ1) is 12.0. The van der Waals surface area contributed by atoms with Gasteiger partial charge >= 0.3 is 5.97 Å². The van der Waals surface area contributed by atoms with E-state index in [1.807, 2.05) is 12.1 Å². The Kier molecular flexibility index (Phi) is 6.51. The second kappa shape index (κ2) is 8.82. The first-order valence-corrected chi connectivity index (χ1v) is 7.78. The predicted octanol–water partition coefficient (Wildman–Crippen LogP) is 3.04. The molecule has 1 amide bonds. The van der Waals surface area contributed by atoms with Crippen LogP contribution < -0.4 is 4.74 Å². The molecule has 0 radical (unpaired) electrons. The number of rotatable bonds is 7. The van der Waals surface area contributed by atoms with Gasteiger partial charge in [0.1, 0.15) is 11.6 Å². The SMILES string of the molecule is COC(=O)CCN(Cc1ccc(OC)cc1)C(=O)c1ccccc1F. The Hall–Kier alpha value is -2.89. The van der Waals surface area contributed by atoms with E-state index in [1.165, 1.54) is 30.2 Å². The highest BCUT2D eigenvalue weighted by molar-refractivity contribution is 5.94. The summed E-state index contributed by atoms with van der Waals surface area (Å²) in [5.41, 5.74) is 0.816. The van der Waals surface area contributed by atoms with E-state index < -0.39 is 17.7 Å². The van der Waals surface area contributed by atoms with Crippen LogP contribution in [0.25, 0.3) is 0 Å². The molecule has 0 spiro atoms. The molecule has 2 aromatic carbocycles. The molecule has 0 heterocycles. The molecule has 0 aliphatic rings. The van der Waals surface area contributed by atoms with E-state index in [0.29, 0.717) is 5.75 Å². The molecule has 6 heteroatoms. The van der Waals surface area contributed by atoms with Crippen LogP contribution in [0.1, 0.15) is 22.3 Å². The Bertz CT molecular complexity index is 730. The van der Waals surface area contributed by atoms with E-state index in [1.54, 1.807) is 25.3 Å². The summed E-state index contributed by atoms with van der Waals surface area (Å²) < 4.78 is 23.7. The molecule has 0 N–H and O–H groups in total. The Morgan fingerprint density at radius 3 is 2.32 bits per heavy atom. The summed E-state index contributed by atoms with van der Waals surface area (Å²) in [6.07, 6.45) is 0.0346. The third kappa shape index (κ3) is 5.04. The highest BCUT2D eigenvalue weighted by Crippen LogP contribution is 2.16. The first kappa shape index (κ1) is 18.4. The van der Waals surface area contributed by atoms with E-state index in [4.69, 9.17) is 4.74 Å². The van der Waals surface area contributed by atoms with Crippen molar-refractivity contribution in [1.29, 1.82) is 0 Å². The maximum absolute atomic E-state index is 13.9. The number of ether oxygens (including phenoxy) is 2. The summed E-state index contributed by atoms with van der Waals surface area (Å²) in [7, 11) is 2.86. The fraction of sp³-hybridized carbons (Fsp3) is 0.263. The lowest BCUT2D eigenvalue weighted by Crippen LogP contribution is -2.33. The van der Waals surface area contributed by atoms with Crippen molar-refractivity contribution in [3.63, 3.8) is 0 Å². The Morgan fingerprint density at radius 1 is 1.04 bits per heavy atom. The highest BCUT2D eigenvalue weighted by Gasteiger charge is 2.20. The monoisotopic (exact) mass is 345 g/mol. The van der Waals surface area contributed by atoms with Crippen LogP contribution in [0.2, 0.25) is 0 Å². The number of hydrogen-bond donors (Lipinski definition) is 0. The van der Waals surface area contributed by atoms with Crippen molar-refractivity contribution in [3.8, 4) is 5.75 Å². The molecule has 0 atom stereocenters. The number of methoxy groups -OCH3 is 2. The van der Waals surface area contributed by atoms with E-state index in [-0.39, 0.29) is 25.1 Å². The fourth-order valence-electron chi connectivity index (χ4n) is 2.34. The number of esters is 1. The van der Waals surface area contributed by atoms with Gasteiger partial charge in [-0.15, -0.1) is 0 Å². The number of hydrogen-bond acceptors (Lipinski definition) is 4. The maximum atomic E-state index is 13.9. The second-order valence-corrected chi connectivity index (χ2v) is 5.38. The topological polar surface area (TPSA) is 55.8 Å². The molecule has 5 nitrogen and oxygen atoms in total. The minimum atomic E-state index is -0.592. The van der Waals surface area contributed by atoms with Crippen molar-refractivity contribution in [1.82, 2.24) is 4.90 Å².